The third-order valence-corrected chi connectivity index (χ3v) is 5.50. The van der Waals surface area contributed by atoms with E-state index >= 15 is 0 Å². The Morgan fingerprint density at radius 2 is 2.14 bits per heavy atom. The second-order valence-corrected chi connectivity index (χ2v) is 7.25. The van der Waals surface area contributed by atoms with E-state index in [0.29, 0.717) is 17.2 Å². The third kappa shape index (κ3) is 3.89. The van der Waals surface area contributed by atoms with E-state index in [0.717, 1.165) is 30.9 Å². The van der Waals surface area contributed by atoms with Crippen LogP contribution in [-0.4, -0.2) is 49.0 Å². The molecule has 1 aromatic carbocycles. The largest absolute Gasteiger partial charge is 0.494 e. The smallest absolute Gasteiger partial charge is 0.255 e. The highest BCUT2D eigenvalue weighted by molar-refractivity contribution is 5.99. The molecule has 1 atom stereocenters. The average molecular weight is 393 g/mol. The van der Waals surface area contributed by atoms with Crippen LogP contribution in [-0.2, 0) is 4.79 Å². The average Bonchev–Trinajstić information content (AvgIpc) is 3.26. The van der Waals surface area contributed by atoms with Crippen molar-refractivity contribution in [1.29, 1.82) is 0 Å². The summed E-state index contributed by atoms with van der Waals surface area (Å²) < 4.78 is 19.1. The first-order valence-corrected chi connectivity index (χ1v) is 9.67. The van der Waals surface area contributed by atoms with Crippen molar-refractivity contribution in [3.05, 3.63) is 83.6 Å². The maximum atomic E-state index is 14.1. The zero-order valence-corrected chi connectivity index (χ0v) is 16.6. The van der Waals surface area contributed by atoms with E-state index in [1.54, 1.807) is 17.0 Å². The van der Waals surface area contributed by atoms with Gasteiger partial charge < -0.3 is 15.0 Å². The second-order valence-electron chi connectivity index (χ2n) is 7.25. The molecule has 1 N–H and O–H groups in total. The molecule has 0 aliphatic carbocycles. The minimum Gasteiger partial charge on any atom is -0.494 e. The fourth-order valence-corrected chi connectivity index (χ4v) is 3.74. The topological polar surface area (TPSA) is 44.8 Å². The SMILES string of the molecule is COc1ccc(C2=CC(=O)N3C=C(N(C)[C@@H]4CCNC4)C=C/C3=C\C=C2)cc1F. The lowest BCUT2D eigenvalue weighted by Gasteiger charge is -2.32. The van der Waals surface area contributed by atoms with Gasteiger partial charge in [0.2, 0.25) is 0 Å². The number of amides is 1. The fourth-order valence-electron chi connectivity index (χ4n) is 3.74. The Kier molecular flexibility index (Phi) is 5.36. The van der Waals surface area contributed by atoms with Crippen LogP contribution >= 0.6 is 0 Å². The first kappa shape index (κ1) is 19.2. The number of allylic oxidation sites excluding steroid dienone is 6. The number of fused-ring (bicyclic) bond motifs is 1. The van der Waals surface area contributed by atoms with E-state index in [1.165, 1.54) is 19.3 Å². The number of rotatable bonds is 4. The molecule has 1 aromatic rings. The van der Waals surface area contributed by atoms with Gasteiger partial charge in [0.25, 0.3) is 5.91 Å². The molecule has 4 rings (SSSR count). The molecule has 0 aromatic heterocycles. The van der Waals surface area contributed by atoms with Crippen molar-refractivity contribution in [3.63, 3.8) is 0 Å². The highest BCUT2D eigenvalue weighted by atomic mass is 19.1. The van der Waals surface area contributed by atoms with E-state index in [4.69, 9.17) is 4.74 Å². The minimum atomic E-state index is -0.458. The molecule has 150 valence electrons. The zero-order chi connectivity index (χ0) is 20.4. The summed E-state index contributed by atoms with van der Waals surface area (Å²) in [5.41, 5.74) is 3.05. The summed E-state index contributed by atoms with van der Waals surface area (Å²) in [6.45, 7) is 1.95. The summed E-state index contributed by atoms with van der Waals surface area (Å²) in [7, 11) is 3.48. The standard InChI is InChI=1S/C23H24FN3O2/c1-26(19-10-11-25-14-19)20-8-7-18-5-3-4-16(13-23(28)27(18)15-20)17-6-9-22(29-2)21(24)12-17/h3-9,12-13,15,19,25H,10-11,14H2,1-2H3/b4-3?,16-13?,18-5+/t19-/m1/s1. The lowest BCUT2D eigenvalue weighted by molar-refractivity contribution is -0.122. The van der Waals surface area contributed by atoms with Crippen LogP contribution in [0.25, 0.3) is 5.57 Å². The summed E-state index contributed by atoms with van der Waals surface area (Å²) in [6, 6.07) is 5.10. The molecule has 29 heavy (non-hydrogen) atoms. The summed E-state index contributed by atoms with van der Waals surface area (Å²) in [5, 5.41) is 3.37. The number of likely N-dealkylation sites (N-methyl/N-ethyl adjacent to an activating group) is 1. The maximum Gasteiger partial charge on any atom is 0.255 e. The Balaban J connectivity index is 1.64. The van der Waals surface area contributed by atoms with Gasteiger partial charge in [-0.15, -0.1) is 0 Å². The predicted molar refractivity (Wildman–Crippen MR) is 111 cm³/mol. The van der Waals surface area contributed by atoms with Gasteiger partial charge >= 0.3 is 0 Å². The van der Waals surface area contributed by atoms with Crippen molar-refractivity contribution < 1.29 is 13.9 Å². The van der Waals surface area contributed by atoms with Crippen LogP contribution in [0.15, 0.2) is 72.2 Å². The molecule has 1 amide bonds. The van der Waals surface area contributed by atoms with Gasteiger partial charge in [-0.25, -0.2) is 4.39 Å². The molecule has 3 heterocycles. The van der Waals surface area contributed by atoms with Crippen LogP contribution in [0.1, 0.15) is 12.0 Å². The molecule has 3 aliphatic rings. The van der Waals surface area contributed by atoms with E-state index in [9.17, 15) is 9.18 Å². The Morgan fingerprint density at radius 1 is 1.28 bits per heavy atom. The Morgan fingerprint density at radius 3 is 2.86 bits per heavy atom. The van der Waals surface area contributed by atoms with Gasteiger partial charge in [-0.2, -0.15) is 0 Å². The van der Waals surface area contributed by atoms with E-state index < -0.39 is 5.82 Å². The van der Waals surface area contributed by atoms with Gasteiger partial charge in [0, 0.05) is 37.6 Å². The Bertz CT molecular complexity index is 968. The van der Waals surface area contributed by atoms with E-state index in [-0.39, 0.29) is 11.7 Å². The first-order valence-electron chi connectivity index (χ1n) is 9.67. The van der Waals surface area contributed by atoms with Crippen molar-refractivity contribution in [2.24, 2.45) is 0 Å². The van der Waals surface area contributed by atoms with Crippen molar-refractivity contribution in [1.82, 2.24) is 15.1 Å². The number of halogens is 1. The molecule has 0 saturated carbocycles. The molecule has 0 spiro atoms. The lowest BCUT2D eigenvalue weighted by Crippen LogP contribution is -2.35. The number of carbonyl (C=O) groups is 1. The third-order valence-electron chi connectivity index (χ3n) is 5.50. The quantitative estimate of drug-likeness (QED) is 0.853. The van der Waals surface area contributed by atoms with Gasteiger partial charge in [-0.1, -0.05) is 18.2 Å². The highest BCUT2D eigenvalue weighted by Gasteiger charge is 2.24. The van der Waals surface area contributed by atoms with Crippen LogP contribution in [0, 0.1) is 5.82 Å². The molecule has 6 heteroatoms. The monoisotopic (exact) mass is 393 g/mol. The number of benzene rings is 1. The van der Waals surface area contributed by atoms with Crippen LogP contribution in [0.5, 0.6) is 5.75 Å². The number of hydrogen-bond donors (Lipinski definition) is 1. The maximum absolute atomic E-state index is 14.1. The number of ether oxygens (including phenoxy) is 1. The van der Waals surface area contributed by atoms with Crippen LogP contribution < -0.4 is 10.1 Å². The van der Waals surface area contributed by atoms with Crippen LogP contribution in [0.3, 0.4) is 0 Å². The molecule has 5 nitrogen and oxygen atoms in total. The lowest BCUT2D eigenvalue weighted by atomic mass is 10.0. The van der Waals surface area contributed by atoms with Crippen molar-refractivity contribution in [2.45, 2.75) is 12.5 Å². The molecule has 0 bridgehead atoms. The van der Waals surface area contributed by atoms with Gasteiger partial charge in [-0.3, -0.25) is 9.69 Å². The normalized spacial score (nSPS) is 22.9. The first-order chi connectivity index (χ1) is 14.1. The molecule has 1 saturated heterocycles. The number of carbonyl (C=O) groups excluding carboxylic acids is 1. The highest BCUT2D eigenvalue weighted by Crippen LogP contribution is 2.27. The molecule has 0 radical (unpaired) electrons. The summed E-state index contributed by atoms with van der Waals surface area (Å²) >= 11 is 0. The van der Waals surface area contributed by atoms with Crippen molar-refractivity contribution in [2.75, 3.05) is 27.2 Å². The number of hydrogen-bond acceptors (Lipinski definition) is 4. The minimum absolute atomic E-state index is 0.174. The van der Waals surface area contributed by atoms with Crippen LogP contribution in [0.4, 0.5) is 4.39 Å². The number of methoxy groups -OCH3 is 1. The van der Waals surface area contributed by atoms with Crippen molar-refractivity contribution in [3.8, 4) is 5.75 Å². The molecule has 3 aliphatic heterocycles. The summed E-state index contributed by atoms with van der Waals surface area (Å²) in [5.74, 6) is -0.456. The fraction of sp³-hybridized carbons (Fsp3) is 0.261. The number of nitrogens with zero attached hydrogens (tertiary/aromatic N) is 2. The predicted octanol–water partition coefficient (Wildman–Crippen LogP) is 3.20. The van der Waals surface area contributed by atoms with Gasteiger partial charge in [-0.05, 0) is 54.5 Å². The van der Waals surface area contributed by atoms with Gasteiger partial charge in [0.1, 0.15) is 0 Å². The van der Waals surface area contributed by atoms with Gasteiger partial charge in [0.05, 0.1) is 12.8 Å². The van der Waals surface area contributed by atoms with Crippen molar-refractivity contribution >= 4 is 11.5 Å². The molecular formula is C23H24FN3O2. The zero-order valence-electron chi connectivity index (χ0n) is 16.6. The molecular weight excluding hydrogens is 369 g/mol. The Hall–Kier alpha value is -3.12. The van der Waals surface area contributed by atoms with E-state index in [2.05, 4.69) is 17.3 Å². The Labute approximate surface area is 170 Å². The van der Waals surface area contributed by atoms with E-state index in [1.807, 2.05) is 36.6 Å². The summed E-state index contributed by atoms with van der Waals surface area (Å²) in [4.78, 5) is 16.9. The summed E-state index contributed by atoms with van der Waals surface area (Å²) in [6.07, 6.45) is 14.0. The van der Waals surface area contributed by atoms with Gasteiger partial charge in [0.15, 0.2) is 11.6 Å². The van der Waals surface area contributed by atoms with Crippen LogP contribution in [0.2, 0.25) is 0 Å². The second kappa shape index (κ2) is 8.09. The molecule has 1 fully saturated rings. The molecule has 0 unspecified atom stereocenters. The number of nitrogens with one attached hydrogen (secondary N) is 1.